The quantitative estimate of drug-likeness (QED) is 0.690. The van der Waals surface area contributed by atoms with Crippen molar-refractivity contribution < 1.29 is 4.79 Å². The highest BCUT2D eigenvalue weighted by atomic mass is 16.1. The van der Waals surface area contributed by atoms with Gasteiger partial charge in [-0.1, -0.05) is 6.07 Å². The fourth-order valence-electron chi connectivity index (χ4n) is 1.27. The second kappa shape index (κ2) is 3.96. The van der Waals surface area contributed by atoms with Gasteiger partial charge in [-0.3, -0.25) is 9.78 Å². The second-order valence-corrected chi connectivity index (χ2v) is 3.09. The third-order valence-electron chi connectivity index (χ3n) is 2.02. The van der Waals surface area contributed by atoms with Gasteiger partial charge in [0.05, 0.1) is 0 Å². The van der Waals surface area contributed by atoms with Crippen molar-refractivity contribution in [1.29, 1.82) is 0 Å². The van der Waals surface area contributed by atoms with Crippen molar-refractivity contribution in [2.75, 3.05) is 0 Å². The van der Waals surface area contributed by atoms with Crippen LogP contribution in [0.4, 0.5) is 0 Å². The molecule has 15 heavy (non-hydrogen) atoms. The van der Waals surface area contributed by atoms with Crippen LogP contribution in [0.5, 0.6) is 0 Å². The average Bonchev–Trinajstić information content (AvgIpc) is 2.30. The van der Waals surface area contributed by atoms with Crippen LogP contribution in [0.25, 0.3) is 11.5 Å². The van der Waals surface area contributed by atoms with Crippen LogP contribution in [0.3, 0.4) is 0 Å². The van der Waals surface area contributed by atoms with E-state index in [9.17, 15) is 4.79 Å². The van der Waals surface area contributed by atoms with Crippen LogP contribution >= 0.6 is 0 Å². The van der Waals surface area contributed by atoms with E-state index in [-0.39, 0.29) is 0 Å². The summed E-state index contributed by atoms with van der Waals surface area (Å²) in [5.41, 5.74) is 2.06. The molecule has 0 saturated carbocycles. The van der Waals surface area contributed by atoms with Gasteiger partial charge in [-0.15, -0.1) is 0 Å². The summed E-state index contributed by atoms with van der Waals surface area (Å²) in [4.78, 5) is 22.9. The number of nitrogens with zero attached hydrogens (tertiary/aromatic N) is 3. The van der Waals surface area contributed by atoms with Crippen molar-refractivity contribution in [2.24, 2.45) is 0 Å². The van der Waals surface area contributed by atoms with E-state index in [2.05, 4.69) is 15.0 Å². The summed E-state index contributed by atoms with van der Waals surface area (Å²) in [5, 5.41) is 0. The van der Waals surface area contributed by atoms with Crippen LogP contribution in [0, 0.1) is 6.92 Å². The fraction of sp³-hybridized carbons (Fsp3) is 0.0909. The maximum Gasteiger partial charge on any atom is 0.179 e. The Morgan fingerprint density at radius 3 is 2.80 bits per heavy atom. The Bertz CT molecular complexity index is 497. The average molecular weight is 199 g/mol. The molecule has 2 rings (SSSR count). The predicted molar refractivity (Wildman–Crippen MR) is 55.4 cm³/mol. The molecular weight excluding hydrogens is 190 g/mol. The Balaban J connectivity index is 2.54. The van der Waals surface area contributed by atoms with Crippen LogP contribution in [-0.4, -0.2) is 21.2 Å². The molecule has 0 amide bonds. The molecule has 0 unspecified atom stereocenters. The largest absolute Gasteiger partial charge is 0.296 e. The summed E-state index contributed by atoms with van der Waals surface area (Å²) in [5.74, 6) is 0.484. The fourth-order valence-corrected chi connectivity index (χ4v) is 1.27. The third kappa shape index (κ3) is 1.88. The Morgan fingerprint density at radius 1 is 1.20 bits per heavy atom. The number of aldehydes is 1. The molecule has 0 aliphatic rings. The van der Waals surface area contributed by atoms with Crippen LogP contribution in [0.15, 0.2) is 30.6 Å². The topological polar surface area (TPSA) is 55.7 Å². The molecule has 0 fully saturated rings. The molecule has 74 valence electrons. The highest BCUT2D eigenvalue weighted by molar-refractivity contribution is 5.72. The summed E-state index contributed by atoms with van der Waals surface area (Å²) < 4.78 is 0. The molecule has 0 atom stereocenters. The summed E-state index contributed by atoms with van der Waals surface area (Å²) in [6.45, 7) is 1.93. The Labute approximate surface area is 87.0 Å². The van der Waals surface area contributed by atoms with Crippen LogP contribution in [-0.2, 0) is 0 Å². The lowest BCUT2D eigenvalue weighted by atomic mass is 10.2. The standard InChI is InChI=1S/C11H9N3O/c1-8-3-2-5-12-10(8)11-13-6-4-9(7-15)14-11/h2-7H,1H3. The number of carbonyl (C=O) groups is 1. The van der Waals surface area contributed by atoms with Crippen molar-refractivity contribution in [3.63, 3.8) is 0 Å². The Hall–Kier alpha value is -2.10. The summed E-state index contributed by atoms with van der Waals surface area (Å²) in [6, 6.07) is 5.34. The Morgan fingerprint density at radius 2 is 2.07 bits per heavy atom. The second-order valence-electron chi connectivity index (χ2n) is 3.09. The first-order valence-corrected chi connectivity index (χ1v) is 4.51. The van der Waals surface area contributed by atoms with E-state index in [1.54, 1.807) is 18.5 Å². The Kier molecular flexibility index (Phi) is 2.49. The first-order valence-electron chi connectivity index (χ1n) is 4.51. The lowest BCUT2D eigenvalue weighted by Gasteiger charge is -2.02. The molecule has 0 aliphatic heterocycles. The maximum absolute atomic E-state index is 10.6. The molecule has 0 bridgehead atoms. The molecule has 0 aliphatic carbocycles. The smallest absolute Gasteiger partial charge is 0.179 e. The minimum atomic E-state index is 0.366. The zero-order valence-electron chi connectivity index (χ0n) is 8.21. The molecule has 4 nitrogen and oxygen atoms in total. The molecule has 0 saturated heterocycles. The summed E-state index contributed by atoms with van der Waals surface area (Å²) in [7, 11) is 0. The normalized spacial score (nSPS) is 9.93. The molecule has 0 aromatic carbocycles. The van der Waals surface area contributed by atoms with E-state index in [4.69, 9.17) is 0 Å². The number of aromatic nitrogens is 3. The van der Waals surface area contributed by atoms with Crippen LogP contribution in [0.2, 0.25) is 0 Å². The molecule has 0 N–H and O–H groups in total. The number of hydrogen-bond acceptors (Lipinski definition) is 4. The third-order valence-corrected chi connectivity index (χ3v) is 2.02. The van der Waals surface area contributed by atoms with Gasteiger partial charge in [-0.05, 0) is 24.6 Å². The summed E-state index contributed by atoms with van der Waals surface area (Å²) >= 11 is 0. The van der Waals surface area contributed by atoms with E-state index in [0.29, 0.717) is 23.5 Å². The molecule has 2 aromatic rings. The number of aryl methyl sites for hydroxylation is 1. The van der Waals surface area contributed by atoms with Gasteiger partial charge in [0.1, 0.15) is 11.4 Å². The van der Waals surface area contributed by atoms with Crippen LogP contribution < -0.4 is 0 Å². The minimum Gasteiger partial charge on any atom is -0.296 e. The van der Waals surface area contributed by atoms with Crippen molar-refractivity contribution in [2.45, 2.75) is 6.92 Å². The molecule has 0 spiro atoms. The number of hydrogen-bond donors (Lipinski definition) is 0. The van der Waals surface area contributed by atoms with Crippen LogP contribution in [0.1, 0.15) is 16.1 Å². The van der Waals surface area contributed by atoms with Gasteiger partial charge in [0.25, 0.3) is 0 Å². The van der Waals surface area contributed by atoms with Gasteiger partial charge < -0.3 is 0 Å². The highest BCUT2D eigenvalue weighted by Crippen LogP contribution is 2.15. The van der Waals surface area contributed by atoms with Gasteiger partial charge in [0.2, 0.25) is 0 Å². The van der Waals surface area contributed by atoms with Crippen molar-refractivity contribution >= 4 is 6.29 Å². The van der Waals surface area contributed by atoms with Gasteiger partial charge in [0, 0.05) is 12.4 Å². The van der Waals surface area contributed by atoms with E-state index in [0.717, 1.165) is 5.56 Å². The predicted octanol–water partition coefficient (Wildman–Crippen LogP) is 1.66. The lowest BCUT2D eigenvalue weighted by molar-refractivity contribution is 0.111. The zero-order chi connectivity index (χ0) is 10.7. The zero-order valence-corrected chi connectivity index (χ0v) is 8.21. The minimum absolute atomic E-state index is 0.366. The van der Waals surface area contributed by atoms with Crippen molar-refractivity contribution in [3.8, 4) is 11.5 Å². The number of pyridine rings is 1. The van der Waals surface area contributed by atoms with Gasteiger partial charge >= 0.3 is 0 Å². The molecule has 0 radical (unpaired) electrons. The van der Waals surface area contributed by atoms with E-state index >= 15 is 0 Å². The molecule has 4 heteroatoms. The van der Waals surface area contributed by atoms with Gasteiger partial charge in [0.15, 0.2) is 12.1 Å². The highest BCUT2D eigenvalue weighted by Gasteiger charge is 2.05. The molecular formula is C11H9N3O. The SMILES string of the molecule is Cc1cccnc1-c1nccc(C=O)n1. The number of carbonyl (C=O) groups excluding carboxylic acids is 1. The lowest BCUT2D eigenvalue weighted by Crippen LogP contribution is -1.96. The van der Waals surface area contributed by atoms with E-state index in [1.807, 2.05) is 19.1 Å². The molecule has 2 aromatic heterocycles. The van der Waals surface area contributed by atoms with Crippen molar-refractivity contribution in [1.82, 2.24) is 15.0 Å². The number of rotatable bonds is 2. The summed E-state index contributed by atoms with van der Waals surface area (Å²) in [6.07, 6.45) is 3.93. The van der Waals surface area contributed by atoms with E-state index < -0.39 is 0 Å². The monoisotopic (exact) mass is 199 g/mol. The van der Waals surface area contributed by atoms with E-state index in [1.165, 1.54) is 0 Å². The first-order chi connectivity index (χ1) is 7.31. The van der Waals surface area contributed by atoms with Crippen molar-refractivity contribution in [3.05, 3.63) is 41.9 Å². The maximum atomic E-state index is 10.6. The van der Waals surface area contributed by atoms with Gasteiger partial charge in [-0.25, -0.2) is 9.97 Å². The molecule has 2 heterocycles. The first kappa shape index (κ1) is 9.45. The van der Waals surface area contributed by atoms with Gasteiger partial charge in [-0.2, -0.15) is 0 Å².